The number of hydrogen-bond acceptors (Lipinski definition) is 3. The van der Waals surface area contributed by atoms with Gasteiger partial charge >= 0.3 is 0 Å². The highest BCUT2D eigenvalue weighted by Crippen LogP contribution is 2.26. The summed E-state index contributed by atoms with van der Waals surface area (Å²) in [7, 11) is 0. The molecule has 1 fully saturated rings. The summed E-state index contributed by atoms with van der Waals surface area (Å²) in [5.41, 5.74) is 2.77. The van der Waals surface area contributed by atoms with Crippen LogP contribution >= 0.6 is 11.6 Å². The van der Waals surface area contributed by atoms with E-state index in [1.165, 1.54) is 6.42 Å². The standard InChI is InChI=1S/C26H33ClN2O3/c1-18-14-23(15-19(2)25(18)27)32-17-24(30)29(16-21-10-6-4-7-11-21)20(3)26(31)28-22-12-8-5-9-13-22/h4,6-7,10-11,14-15,20,22H,5,8-9,12-13,16-17H2,1-3H3,(H,28,31)/t20-/m1/s1. The van der Waals surface area contributed by atoms with Gasteiger partial charge in [-0.25, -0.2) is 0 Å². The van der Waals surface area contributed by atoms with Gasteiger partial charge in [-0.15, -0.1) is 0 Å². The molecular formula is C26H33ClN2O3. The van der Waals surface area contributed by atoms with Gasteiger partial charge in [0.25, 0.3) is 5.91 Å². The van der Waals surface area contributed by atoms with Crippen LogP contribution in [0.3, 0.4) is 0 Å². The molecule has 0 spiro atoms. The van der Waals surface area contributed by atoms with Crippen molar-refractivity contribution in [2.45, 2.75) is 71.5 Å². The Hall–Kier alpha value is -2.53. The fraction of sp³-hybridized carbons (Fsp3) is 0.462. The zero-order valence-electron chi connectivity index (χ0n) is 19.2. The molecule has 0 heterocycles. The van der Waals surface area contributed by atoms with E-state index in [1.54, 1.807) is 11.8 Å². The maximum absolute atomic E-state index is 13.2. The molecule has 2 aromatic carbocycles. The van der Waals surface area contributed by atoms with E-state index in [9.17, 15) is 9.59 Å². The number of amides is 2. The Kier molecular flexibility index (Phi) is 8.57. The molecule has 172 valence electrons. The minimum atomic E-state index is -0.595. The number of rotatable bonds is 8. The first kappa shape index (κ1) is 24.1. The zero-order chi connectivity index (χ0) is 23.1. The normalized spacial score (nSPS) is 15.1. The number of carbonyl (C=O) groups is 2. The Morgan fingerprint density at radius 3 is 2.34 bits per heavy atom. The first-order valence-corrected chi connectivity index (χ1v) is 11.8. The molecule has 0 aliphatic heterocycles. The second-order valence-electron chi connectivity index (χ2n) is 8.69. The van der Waals surface area contributed by atoms with Crippen molar-refractivity contribution < 1.29 is 14.3 Å². The Bertz CT molecular complexity index is 903. The SMILES string of the molecule is Cc1cc(OCC(=O)N(Cc2ccccc2)[C@H](C)C(=O)NC2CCCCC2)cc(C)c1Cl. The summed E-state index contributed by atoms with van der Waals surface area (Å²) in [6.45, 7) is 5.80. The molecule has 5 nitrogen and oxygen atoms in total. The quantitative estimate of drug-likeness (QED) is 0.593. The lowest BCUT2D eigenvalue weighted by Crippen LogP contribution is -2.51. The molecule has 1 N–H and O–H groups in total. The minimum Gasteiger partial charge on any atom is -0.484 e. The van der Waals surface area contributed by atoms with Crippen LogP contribution in [0.15, 0.2) is 42.5 Å². The van der Waals surface area contributed by atoms with Crippen molar-refractivity contribution in [3.05, 3.63) is 64.2 Å². The van der Waals surface area contributed by atoms with E-state index >= 15 is 0 Å². The number of carbonyl (C=O) groups excluding carboxylic acids is 2. The molecule has 0 bridgehead atoms. The molecule has 2 aromatic rings. The molecule has 0 saturated heterocycles. The van der Waals surface area contributed by atoms with E-state index in [0.29, 0.717) is 17.3 Å². The Morgan fingerprint density at radius 2 is 1.72 bits per heavy atom. The molecule has 3 rings (SSSR count). The molecular weight excluding hydrogens is 424 g/mol. The first-order chi connectivity index (χ1) is 15.3. The molecule has 6 heteroatoms. The highest BCUT2D eigenvalue weighted by atomic mass is 35.5. The van der Waals surface area contributed by atoms with Gasteiger partial charge in [-0.3, -0.25) is 9.59 Å². The maximum atomic E-state index is 13.2. The van der Waals surface area contributed by atoms with Gasteiger partial charge < -0.3 is 15.0 Å². The van der Waals surface area contributed by atoms with Crippen LogP contribution in [0.25, 0.3) is 0 Å². The third kappa shape index (κ3) is 6.49. The Balaban J connectivity index is 1.70. The number of halogens is 1. The van der Waals surface area contributed by atoms with Crippen molar-refractivity contribution in [3.8, 4) is 5.75 Å². The molecule has 0 unspecified atom stereocenters. The zero-order valence-corrected chi connectivity index (χ0v) is 20.0. The third-order valence-electron chi connectivity index (χ3n) is 6.09. The van der Waals surface area contributed by atoms with Gasteiger partial charge in [0.15, 0.2) is 6.61 Å². The number of benzene rings is 2. The summed E-state index contributed by atoms with van der Waals surface area (Å²) in [6, 6.07) is 13.0. The number of ether oxygens (including phenoxy) is 1. The molecule has 0 aromatic heterocycles. The number of aryl methyl sites for hydroxylation is 2. The molecule has 32 heavy (non-hydrogen) atoms. The molecule has 2 amide bonds. The lowest BCUT2D eigenvalue weighted by atomic mass is 9.95. The Labute approximate surface area is 196 Å². The van der Waals surface area contributed by atoms with Gasteiger partial charge in [-0.05, 0) is 62.4 Å². The van der Waals surface area contributed by atoms with Crippen LogP contribution in [0.4, 0.5) is 0 Å². The number of nitrogens with zero attached hydrogens (tertiary/aromatic N) is 1. The van der Waals surface area contributed by atoms with E-state index in [-0.39, 0.29) is 24.5 Å². The van der Waals surface area contributed by atoms with Crippen LogP contribution in [0.5, 0.6) is 5.75 Å². The van der Waals surface area contributed by atoms with E-state index in [1.807, 2.05) is 56.3 Å². The molecule has 0 radical (unpaired) electrons. The largest absolute Gasteiger partial charge is 0.484 e. The van der Waals surface area contributed by atoms with Crippen molar-refractivity contribution in [3.63, 3.8) is 0 Å². The highest BCUT2D eigenvalue weighted by molar-refractivity contribution is 6.32. The fourth-order valence-corrected chi connectivity index (χ4v) is 4.26. The maximum Gasteiger partial charge on any atom is 0.261 e. The van der Waals surface area contributed by atoms with Crippen LogP contribution in [0.2, 0.25) is 5.02 Å². The smallest absolute Gasteiger partial charge is 0.261 e. The third-order valence-corrected chi connectivity index (χ3v) is 6.68. The van der Waals surface area contributed by atoms with Crippen LogP contribution < -0.4 is 10.1 Å². The van der Waals surface area contributed by atoms with Crippen molar-refractivity contribution in [1.29, 1.82) is 0 Å². The monoisotopic (exact) mass is 456 g/mol. The molecule has 1 saturated carbocycles. The predicted molar refractivity (Wildman–Crippen MR) is 128 cm³/mol. The summed E-state index contributed by atoms with van der Waals surface area (Å²) >= 11 is 6.23. The topological polar surface area (TPSA) is 58.6 Å². The number of nitrogens with one attached hydrogen (secondary N) is 1. The van der Waals surface area contributed by atoms with Gasteiger partial charge in [0, 0.05) is 17.6 Å². The van der Waals surface area contributed by atoms with Crippen molar-refractivity contribution >= 4 is 23.4 Å². The van der Waals surface area contributed by atoms with Crippen LogP contribution in [-0.2, 0) is 16.1 Å². The van der Waals surface area contributed by atoms with Crippen LogP contribution in [0, 0.1) is 13.8 Å². The summed E-state index contributed by atoms with van der Waals surface area (Å²) in [4.78, 5) is 27.8. The Morgan fingerprint density at radius 1 is 1.09 bits per heavy atom. The van der Waals surface area contributed by atoms with Gasteiger partial charge in [-0.1, -0.05) is 61.2 Å². The first-order valence-electron chi connectivity index (χ1n) is 11.4. The fourth-order valence-electron chi connectivity index (χ4n) is 4.15. The lowest BCUT2D eigenvalue weighted by molar-refractivity contribution is -0.142. The van der Waals surface area contributed by atoms with E-state index in [0.717, 1.165) is 42.4 Å². The van der Waals surface area contributed by atoms with Crippen LogP contribution in [-0.4, -0.2) is 35.4 Å². The summed E-state index contributed by atoms with van der Waals surface area (Å²) in [5, 5.41) is 3.84. The van der Waals surface area contributed by atoms with Gasteiger partial charge in [0.2, 0.25) is 5.91 Å². The van der Waals surface area contributed by atoms with Crippen molar-refractivity contribution in [2.24, 2.45) is 0 Å². The second-order valence-corrected chi connectivity index (χ2v) is 9.06. The second kappa shape index (κ2) is 11.4. The van der Waals surface area contributed by atoms with Crippen molar-refractivity contribution in [2.75, 3.05) is 6.61 Å². The van der Waals surface area contributed by atoms with E-state index in [2.05, 4.69) is 5.32 Å². The van der Waals surface area contributed by atoms with E-state index in [4.69, 9.17) is 16.3 Å². The average Bonchev–Trinajstić information content (AvgIpc) is 2.80. The van der Waals surface area contributed by atoms with Gasteiger partial charge in [0.05, 0.1) is 0 Å². The lowest BCUT2D eigenvalue weighted by Gasteiger charge is -2.31. The van der Waals surface area contributed by atoms with Crippen molar-refractivity contribution in [1.82, 2.24) is 10.2 Å². The molecule has 1 aliphatic carbocycles. The van der Waals surface area contributed by atoms with Crippen LogP contribution in [0.1, 0.15) is 55.7 Å². The van der Waals surface area contributed by atoms with Gasteiger partial charge in [-0.2, -0.15) is 0 Å². The molecule has 1 atom stereocenters. The predicted octanol–water partition coefficient (Wildman–Crippen LogP) is 5.20. The minimum absolute atomic E-state index is 0.112. The summed E-state index contributed by atoms with van der Waals surface area (Å²) < 4.78 is 5.80. The van der Waals surface area contributed by atoms with Gasteiger partial charge in [0.1, 0.15) is 11.8 Å². The summed E-state index contributed by atoms with van der Waals surface area (Å²) in [5.74, 6) is 0.251. The molecule has 1 aliphatic rings. The summed E-state index contributed by atoms with van der Waals surface area (Å²) in [6.07, 6.45) is 5.51. The number of hydrogen-bond donors (Lipinski definition) is 1. The van der Waals surface area contributed by atoms with E-state index < -0.39 is 6.04 Å². The average molecular weight is 457 g/mol. The highest BCUT2D eigenvalue weighted by Gasteiger charge is 2.28.